The summed E-state index contributed by atoms with van der Waals surface area (Å²) >= 11 is 6.71. The Morgan fingerprint density at radius 1 is 0.833 bits per heavy atom. The third-order valence-electron chi connectivity index (χ3n) is 6.06. The zero-order valence-electron chi connectivity index (χ0n) is 12.7. The molecule has 0 radical (unpaired) electrons. The van der Waals surface area contributed by atoms with Crippen molar-refractivity contribution in [1.29, 1.82) is 0 Å². The van der Waals surface area contributed by atoms with Crippen molar-refractivity contribution in [3.05, 3.63) is 0 Å². The summed E-state index contributed by atoms with van der Waals surface area (Å²) < 4.78 is 0. The largest absolute Gasteiger partial charge is 0.123 e. The Morgan fingerprint density at radius 2 is 1.39 bits per heavy atom. The van der Waals surface area contributed by atoms with Crippen LogP contribution in [0.1, 0.15) is 72.6 Å². The normalized spacial score (nSPS) is 42.8. The minimum atomic E-state index is 0.420. The van der Waals surface area contributed by atoms with Gasteiger partial charge in [0.2, 0.25) is 0 Å². The zero-order valence-corrected chi connectivity index (χ0v) is 13.5. The lowest BCUT2D eigenvalue weighted by Gasteiger charge is -2.48. The van der Waals surface area contributed by atoms with Crippen molar-refractivity contribution in [1.82, 2.24) is 0 Å². The van der Waals surface area contributed by atoms with Crippen LogP contribution in [0.5, 0.6) is 0 Å². The second-order valence-corrected chi connectivity index (χ2v) is 8.38. The molecule has 0 heterocycles. The summed E-state index contributed by atoms with van der Waals surface area (Å²) in [6.07, 6.45) is 9.72. The maximum atomic E-state index is 6.71. The van der Waals surface area contributed by atoms with E-state index in [4.69, 9.17) is 11.6 Å². The van der Waals surface area contributed by atoms with Gasteiger partial charge in [0.05, 0.1) is 0 Å². The highest BCUT2D eigenvalue weighted by Gasteiger charge is 2.43. The predicted molar refractivity (Wildman–Crippen MR) is 81.0 cm³/mol. The predicted octanol–water partition coefficient (Wildman–Crippen LogP) is 5.88. The molecule has 0 nitrogen and oxygen atoms in total. The van der Waals surface area contributed by atoms with Gasteiger partial charge in [-0.15, -0.1) is 11.6 Å². The summed E-state index contributed by atoms with van der Waals surface area (Å²) in [4.78, 5) is 0. The molecular formula is C17H31Cl. The number of hydrogen-bond donors (Lipinski definition) is 0. The summed E-state index contributed by atoms with van der Waals surface area (Å²) in [7, 11) is 0. The summed E-state index contributed by atoms with van der Waals surface area (Å²) in [5, 5.41) is 0.420. The van der Waals surface area contributed by atoms with E-state index in [9.17, 15) is 0 Å². The minimum Gasteiger partial charge on any atom is -0.123 e. The smallest absolute Gasteiger partial charge is 0.0372 e. The number of alkyl halides is 1. The third kappa shape index (κ3) is 3.06. The van der Waals surface area contributed by atoms with Gasteiger partial charge in [0.15, 0.2) is 0 Å². The van der Waals surface area contributed by atoms with E-state index in [1.165, 1.54) is 44.9 Å². The highest BCUT2D eigenvalue weighted by molar-refractivity contribution is 6.20. The van der Waals surface area contributed by atoms with E-state index < -0.39 is 0 Å². The van der Waals surface area contributed by atoms with Gasteiger partial charge in [0.1, 0.15) is 0 Å². The fourth-order valence-corrected chi connectivity index (χ4v) is 5.21. The average Bonchev–Trinajstić information content (AvgIpc) is 2.29. The second kappa shape index (κ2) is 5.73. The number of rotatable bonds is 2. The molecule has 0 spiro atoms. The molecule has 0 aliphatic heterocycles. The molecule has 2 fully saturated rings. The fourth-order valence-electron chi connectivity index (χ4n) is 4.46. The third-order valence-corrected chi connectivity index (χ3v) is 6.54. The van der Waals surface area contributed by atoms with E-state index >= 15 is 0 Å². The van der Waals surface area contributed by atoms with E-state index in [0.29, 0.717) is 10.8 Å². The van der Waals surface area contributed by atoms with Crippen molar-refractivity contribution in [3.8, 4) is 0 Å². The van der Waals surface area contributed by atoms with Crippen molar-refractivity contribution >= 4 is 11.6 Å². The summed E-state index contributed by atoms with van der Waals surface area (Å²) in [5.74, 6) is 3.45. The standard InChI is InChI=1S/C17H31Cl/c1-12-5-8-14(9-6-12)17(3,4)15-10-7-13(2)11-16(15)18/h12-16H,5-11H2,1-4H3. The highest BCUT2D eigenvalue weighted by atomic mass is 35.5. The van der Waals surface area contributed by atoms with Crippen LogP contribution in [0.4, 0.5) is 0 Å². The molecule has 3 atom stereocenters. The maximum absolute atomic E-state index is 6.71. The first kappa shape index (κ1) is 14.7. The summed E-state index contributed by atoms with van der Waals surface area (Å²) in [6.45, 7) is 9.78. The van der Waals surface area contributed by atoms with E-state index in [2.05, 4.69) is 27.7 Å². The summed E-state index contributed by atoms with van der Waals surface area (Å²) in [5.41, 5.74) is 0.451. The van der Waals surface area contributed by atoms with Crippen LogP contribution in [0.3, 0.4) is 0 Å². The molecule has 2 saturated carbocycles. The maximum Gasteiger partial charge on any atom is 0.0372 e. The second-order valence-electron chi connectivity index (χ2n) is 7.82. The van der Waals surface area contributed by atoms with Gasteiger partial charge in [-0.1, -0.05) is 47.0 Å². The van der Waals surface area contributed by atoms with Gasteiger partial charge in [-0.3, -0.25) is 0 Å². The summed E-state index contributed by atoms with van der Waals surface area (Å²) in [6, 6.07) is 0. The molecule has 18 heavy (non-hydrogen) atoms. The first-order valence-corrected chi connectivity index (χ1v) is 8.49. The van der Waals surface area contributed by atoms with E-state index in [-0.39, 0.29) is 0 Å². The molecule has 2 rings (SSSR count). The van der Waals surface area contributed by atoms with Crippen LogP contribution >= 0.6 is 11.6 Å². The van der Waals surface area contributed by atoms with E-state index in [0.717, 1.165) is 23.7 Å². The van der Waals surface area contributed by atoms with Crippen LogP contribution in [0.15, 0.2) is 0 Å². The van der Waals surface area contributed by atoms with Gasteiger partial charge in [0.25, 0.3) is 0 Å². The molecule has 0 N–H and O–H groups in total. The van der Waals surface area contributed by atoms with E-state index in [1.807, 2.05) is 0 Å². The SMILES string of the molecule is CC1CCC(C(C)(C)C2CCC(C)CC2Cl)CC1. The molecule has 1 heteroatoms. The van der Waals surface area contributed by atoms with Crippen molar-refractivity contribution in [2.24, 2.45) is 29.1 Å². The van der Waals surface area contributed by atoms with Gasteiger partial charge in [0, 0.05) is 5.38 Å². The Labute approximate surface area is 119 Å². The molecule has 0 aromatic carbocycles. The topological polar surface area (TPSA) is 0 Å². The minimum absolute atomic E-state index is 0.420. The Morgan fingerprint density at radius 3 is 1.94 bits per heavy atom. The van der Waals surface area contributed by atoms with Crippen molar-refractivity contribution in [2.75, 3.05) is 0 Å². The Hall–Kier alpha value is 0.290. The quantitative estimate of drug-likeness (QED) is 0.550. The average molecular weight is 271 g/mol. The Balaban J connectivity index is 2.01. The lowest BCUT2D eigenvalue weighted by atomic mass is 9.59. The molecule has 0 bridgehead atoms. The Kier molecular flexibility index (Phi) is 4.68. The molecule has 0 amide bonds. The lowest BCUT2D eigenvalue weighted by molar-refractivity contribution is 0.0449. The van der Waals surface area contributed by atoms with Crippen LogP contribution < -0.4 is 0 Å². The van der Waals surface area contributed by atoms with Crippen LogP contribution in [0, 0.1) is 29.1 Å². The van der Waals surface area contributed by atoms with Crippen molar-refractivity contribution < 1.29 is 0 Å². The number of hydrogen-bond acceptors (Lipinski definition) is 0. The fraction of sp³-hybridized carbons (Fsp3) is 1.00. The Bertz CT molecular complexity index is 263. The van der Waals surface area contributed by atoms with Crippen LogP contribution in [-0.2, 0) is 0 Å². The van der Waals surface area contributed by atoms with E-state index in [1.54, 1.807) is 0 Å². The van der Waals surface area contributed by atoms with Crippen molar-refractivity contribution in [3.63, 3.8) is 0 Å². The van der Waals surface area contributed by atoms with Gasteiger partial charge < -0.3 is 0 Å². The zero-order chi connectivity index (χ0) is 13.3. The monoisotopic (exact) mass is 270 g/mol. The molecule has 3 unspecified atom stereocenters. The molecular weight excluding hydrogens is 240 g/mol. The van der Waals surface area contributed by atoms with Crippen LogP contribution in [-0.4, -0.2) is 5.38 Å². The number of halogens is 1. The molecule has 2 aliphatic carbocycles. The van der Waals surface area contributed by atoms with Crippen LogP contribution in [0.25, 0.3) is 0 Å². The molecule has 0 saturated heterocycles. The first-order valence-electron chi connectivity index (χ1n) is 8.05. The van der Waals surface area contributed by atoms with Gasteiger partial charge >= 0.3 is 0 Å². The molecule has 106 valence electrons. The highest BCUT2D eigenvalue weighted by Crippen LogP contribution is 2.50. The lowest BCUT2D eigenvalue weighted by Crippen LogP contribution is -2.41. The van der Waals surface area contributed by atoms with Gasteiger partial charge in [-0.2, -0.15) is 0 Å². The van der Waals surface area contributed by atoms with Gasteiger partial charge in [-0.05, 0) is 54.8 Å². The molecule has 2 aliphatic rings. The van der Waals surface area contributed by atoms with Crippen molar-refractivity contribution in [2.45, 2.75) is 78.0 Å². The van der Waals surface area contributed by atoms with Gasteiger partial charge in [-0.25, -0.2) is 0 Å². The molecule has 0 aromatic heterocycles. The first-order chi connectivity index (χ1) is 8.41. The molecule has 0 aromatic rings. The van der Waals surface area contributed by atoms with Crippen LogP contribution in [0.2, 0.25) is 0 Å².